The van der Waals surface area contributed by atoms with Crippen LogP contribution in [-0.4, -0.2) is 26.6 Å². The van der Waals surface area contributed by atoms with E-state index in [1.807, 2.05) is 0 Å². The van der Waals surface area contributed by atoms with Crippen molar-refractivity contribution in [2.75, 3.05) is 12.0 Å². The largest absolute Gasteiger partial charge is 0.399 e. The van der Waals surface area contributed by atoms with Crippen LogP contribution in [0.3, 0.4) is 0 Å². The Labute approximate surface area is 124 Å². The zero-order valence-electron chi connectivity index (χ0n) is 12.0. The molecule has 0 spiro atoms. The molecule has 0 unspecified atom stereocenters. The molecule has 0 bridgehead atoms. The fourth-order valence-electron chi connectivity index (χ4n) is 2.73. The monoisotopic (exact) mass is 308 g/mol. The Bertz CT molecular complexity index is 664. The summed E-state index contributed by atoms with van der Waals surface area (Å²) in [5.74, 6) is 0.963. The van der Waals surface area contributed by atoms with Crippen molar-refractivity contribution in [1.29, 1.82) is 0 Å². The highest BCUT2D eigenvalue weighted by atomic mass is 32.2. The van der Waals surface area contributed by atoms with Crippen LogP contribution in [0.1, 0.15) is 36.0 Å². The lowest BCUT2D eigenvalue weighted by Gasteiger charge is -2.18. The molecule has 2 saturated carbocycles. The van der Waals surface area contributed by atoms with Gasteiger partial charge in [0.1, 0.15) is 0 Å². The quantitative estimate of drug-likeness (QED) is 0.808. The minimum absolute atomic E-state index is 0.0852. The summed E-state index contributed by atoms with van der Waals surface area (Å²) in [5, 5.41) is 3.07. The Morgan fingerprint density at radius 2 is 1.76 bits per heavy atom. The highest BCUT2D eigenvalue weighted by molar-refractivity contribution is 7.90. The molecule has 2 aliphatic carbocycles. The molecule has 1 amide bonds. The molecule has 6 heteroatoms. The van der Waals surface area contributed by atoms with Gasteiger partial charge in [0, 0.05) is 23.5 Å². The summed E-state index contributed by atoms with van der Waals surface area (Å²) in [6.45, 7) is 0. The number of nitrogens with one attached hydrogen (secondary N) is 1. The first-order valence-corrected chi connectivity index (χ1v) is 9.15. The third-order valence-electron chi connectivity index (χ3n) is 4.18. The third kappa shape index (κ3) is 3.37. The fourth-order valence-corrected chi connectivity index (χ4v) is 3.42. The minimum Gasteiger partial charge on any atom is -0.399 e. The van der Waals surface area contributed by atoms with Crippen molar-refractivity contribution in [1.82, 2.24) is 5.32 Å². The number of carbonyl (C=O) groups is 1. The number of benzene rings is 1. The summed E-state index contributed by atoms with van der Waals surface area (Å²) in [6, 6.07) is 4.55. The maximum Gasteiger partial charge on any atom is 0.251 e. The number of rotatable bonds is 5. The van der Waals surface area contributed by atoms with E-state index in [2.05, 4.69) is 5.32 Å². The van der Waals surface area contributed by atoms with Gasteiger partial charge in [-0.3, -0.25) is 4.79 Å². The van der Waals surface area contributed by atoms with Gasteiger partial charge in [0.15, 0.2) is 9.84 Å². The van der Waals surface area contributed by atoms with Crippen molar-refractivity contribution in [3.63, 3.8) is 0 Å². The standard InChI is InChI=1S/C15H20N2O3S/c1-21(19,20)13-7-11(6-12(16)8-13)15(18)17-14(9-2-3-9)10-4-5-10/h6-10,14H,2-5,16H2,1H3,(H,17,18). The first kappa shape index (κ1) is 14.4. The molecule has 1 aromatic rings. The van der Waals surface area contributed by atoms with Crippen LogP contribution in [0.2, 0.25) is 0 Å². The normalized spacial score (nSPS) is 18.8. The predicted octanol–water partition coefficient (Wildman–Crippen LogP) is 1.59. The molecule has 0 aromatic heterocycles. The summed E-state index contributed by atoms with van der Waals surface area (Å²) < 4.78 is 23.3. The van der Waals surface area contributed by atoms with E-state index < -0.39 is 9.84 Å². The molecule has 3 rings (SSSR count). The molecule has 0 radical (unpaired) electrons. The zero-order chi connectivity index (χ0) is 15.2. The minimum atomic E-state index is -3.38. The van der Waals surface area contributed by atoms with Crippen LogP contribution >= 0.6 is 0 Å². The molecule has 0 saturated heterocycles. The lowest BCUT2D eigenvalue weighted by atomic mass is 10.1. The Morgan fingerprint density at radius 1 is 1.19 bits per heavy atom. The van der Waals surface area contributed by atoms with Crippen molar-refractivity contribution in [3.05, 3.63) is 23.8 Å². The van der Waals surface area contributed by atoms with Crippen LogP contribution in [0.5, 0.6) is 0 Å². The highest BCUT2D eigenvalue weighted by Gasteiger charge is 2.42. The molecule has 0 atom stereocenters. The number of hydrogen-bond donors (Lipinski definition) is 2. The van der Waals surface area contributed by atoms with Crippen LogP contribution in [0.4, 0.5) is 5.69 Å². The predicted molar refractivity (Wildman–Crippen MR) is 80.7 cm³/mol. The zero-order valence-corrected chi connectivity index (χ0v) is 12.8. The summed E-state index contributed by atoms with van der Waals surface area (Å²) in [5.41, 5.74) is 6.33. The van der Waals surface area contributed by atoms with Crippen molar-refractivity contribution in [3.8, 4) is 0 Å². The van der Waals surface area contributed by atoms with Gasteiger partial charge in [-0.15, -0.1) is 0 Å². The SMILES string of the molecule is CS(=O)(=O)c1cc(N)cc(C(=O)NC(C2CC2)C2CC2)c1. The lowest BCUT2D eigenvalue weighted by molar-refractivity contribution is 0.0926. The Hall–Kier alpha value is -1.56. The van der Waals surface area contributed by atoms with Gasteiger partial charge in [0.05, 0.1) is 4.90 Å². The maximum absolute atomic E-state index is 12.4. The van der Waals surface area contributed by atoms with Crippen LogP contribution in [0.15, 0.2) is 23.1 Å². The van der Waals surface area contributed by atoms with Crippen LogP contribution in [0.25, 0.3) is 0 Å². The van der Waals surface area contributed by atoms with Gasteiger partial charge in [-0.05, 0) is 55.7 Å². The smallest absolute Gasteiger partial charge is 0.251 e. The summed E-state index contributed by atoms with van der Waals surface area (Å²) in [7, 11) is -3.38. The van der Waals surface area contributed by atoms with E-state index in [4.69, 9.17) is 5.73 Å². The highest BCUT2D eigenvalue weighted by Crippen LogP contribution is 2.44. The average Bonchev–Trinajstić information content (AvgIpc) is 3.26. The molecule has 1 aromatic carbocycles. The van der Waals surface area contributed by atoms with E-state index in [1.54, 1.807) is 0 Å². The second kappa shape index (κ2) is 5.02. The molecule has 3 N–H and O–H groups in total. The van der Waals surface area contributed by atoms with Gasteiger partial charge >= 0.3 is 0 Å². The number of nitrogens with two attached hydrogens (primary N) is 1. The topological polar surface area (TPSA) is 89.3 Å². The molecular weight excluding hydrogens is 288 g/mol. The van der Waals surface area contributed by atoms with E-state index in [9.17, 15) is 13.2 Å². The molecule has 114 valence electrons. The number of hydrogen-bond acceptors (Lipinski definition) is 4. The maximum atomic E-state index is 12.4. The fraction of sp³-hybridized carbons (Fsp3) is 0.533. The van der Waals surface area contributed by atoms with Gasteiger partial charge in [-0.2, -0.15) is 0 Å². The van der Waals surface area contributed by atoms with Crippen molar-refractivity contribution in [2.45, 2.75) is 36.6 Å². The average molecular weight is 308 g/mol. The van der Waals surface area contributed by atoms with Gasteiger partial charge in [0.2, 0.25) is 0 Å². The number of sulfone groups is 1. The van der Waals surface area contributed by atoms with Gasteiger partial charge < -0.3 is 11.1 Å². The van der Waals surface area contributed by atoms with E-state index in [1.165, 1.54) is 43.9 Å². The molecular formula is C15H20N2O3S. The second-order valence-electron chi connectivity index (χ2n) is 6.24. The van der Waals surface area contributed by atoms with Crippen LogP contribution in [-0.2, 0) is 9.84 Å². The molecule has 0 heterocycles. The van der Waals surface area contributed by atoms with Crippen LogP contribution < -0.4 is 11.1 Å². The Balaban J connectivity index is 1.82. The van der Waals surface area contributed by atoms with E-state index in [0.717, 1.165) is 6.26 Å². The van der Waals surface area contributed by atoms with Gasteiger partial charge in [-0.1, -0.05) is 0 Å². The Kier molecular flexibility index (Phi) is 3.43. The van der Waals surface area contributed by atoms with Crippen molar-refractivity contribution >= 4 is 21.4 Å². The van der Waals surface area contributed by atoms with E-state index >= 15 is 0 Å². The first-order chi connectivity index (χ1) is 9.84. The van der Waals surface area contributed by atoms with E-state index in [0.29, 0.717) is 17.4 Å². The van der Waals surface area contributed by atoms with Gasteiger partial charge in [-0.25, -0.2) is 8.42 Å². The molecule has 2 fully saturated rings. The summed E-state index contributed by atoms with van der Waals surface area (Å²) >= 11 is 0. The van der Waals surface area contributed by atoms with Crippen LogP contribution in [0, 0.1) is 11.8 Å². The number of amides is 1. The van der Waals surface area contributed by atoms with Crippen molar-refractivity contribution in [2.24, 2.45) is 11.8 Å². The molecule has 5 nitrogen and oxygen atoms in total. The summed E-state index contributed by atoms with van der Waals surface area (Å²) in [6.07, 6.45) is 5.81. The Morgan fingerprint density at radius 3 is 2.24 bits per heavy atom. The molecule has 0 aliphatic heterocycles. The first-order valence-electron chi connectivity index (χ1n) is 7.26. The second-order valence-corrected chi connectivity index (χ2v) is 8.25. The van der Waals surface area contributed by atoms with Crippen molar-refractivity contribution < 1.29 is 13.2 Å². The molecule has 2 aliphatic rings. The number of anilines is 1. The van der Waals surface area contributed by atoms with Gasteiger partial charge in [0.25, 0.3) is 5.91 Å². The number of carbonyl (C=O) groups excluding carboxylic acids is 1. The third-order valence-corrected chi connectivity index (χ3v) is 5.27. The molecule has 21 heavy (non-hydrogen) atoms. The van der Waals surface area contributed by atoms with E-state index in [-0.39, 0.29) is 22.5 Å². The lowest BCUT2D eigenvalue weighted by Crippen LogP contribution is -2.38. The summed E-state index contributed by atoms with van der Waals surface area (Å²) in [4.78, 5) is 12.5. The number of nitrogen functional groups attached to an aromatic ring is 1.